The summed E-state index contributed by atoms with van der Waals surface area (Å²) in [5.74, 6) is 1.41. The number of ether oxygens (including phenoxy) is 2. The van der Waals surface area contributed by atoms with Crippen molar-refractivity contribution in [2.75, 3.05) is 29.7 Å². The molecule has 3 rings (SSSR count). The first kappa shape index (κ1) is 24.4. The zero-order chi connectivity index (χ0) is 24.9. The maximum absolute atomic E-state index is 13.0. The van der Waals surface area contributed by atoms with Crippen LogP contribution in [0.4, 0.5) is 35.2 Å². The highest BCUT2D eigenvalue weighted by Gasteiger charge is 2.31. The highest BCUT2D eigenvalue weighted by molar-refractivity contribution is 6.01. The Morgan fingerprint density at radius 1 is 1.03 bits per heavy atom. The summed E-state index contributed by atoms with van der Waals surface area (Å²) in [4.78, 5) is 28.7. The average molecular weight is 474 g/mol. The van der Waals surface area contributed by atoms with Gasteiger partial charge in [0.25, 0.3) is 0 Å². The smallest absolute Gasteiger partial charge is 0.416 e. The fraction of sp³-hybridized carbons (Fsp3) is 0.174. The minimum absolute atomic E-state index is 0.0839. The summed E-state index contributed by atoms with van der Waals surface area (Å²) in [5.41, 5.74) is 0.0240. The van der Waals surface area contributed by atoms with Gasteiger partial charge in [0.15, 0.2) is 0 Å². The molecular formula is C23H21F3N4O4. The van der Waals surface area contributed by atoms with Gasteiger partial charge in [-0.2, -0.15) is 13.2 Å². The second-order valence-corrected chi connectivity index (χ2v) is 7.14. The topological polar surface area (TPSA) is 92.8 Å². The highest BCUT2D eigenvalue weighted by Crippen LogP contribution is 2.35. The number of halogens is 3. The van der Waals surface area contributed by atoms with Crippen LogP contribution >= 0.6 is 0 Å². The molecule has 0 saturated heterocycles. The third-order valence-corrected chi connectivity index (χ3v) is 4.69. The van der Waals surface area contributed by atoms with Gasteiger partial charge in [-0.3, -0.25) is 4.79 Å². The van der Waals surface area contributed by atoms with Crippen LogP contribution in [0.5, 0.6) is 17.2 Å². The molecule has 1 heterocycles. The molecule has 0 atom stereocenters. The van der Waals surface area contributed by atoms with Gasteiger partial charge in [0, 0.05) is 25.0 Å². The number of aryl methyl sites for hydroxylation is 1. The Bertz CT molecular complexity index is 1200. The number of nitrogens with one attached hydrogen (secondary N) is 2. The molecule has 1 aromatic heterocycles. The largest absolute Gasteiger partial charge is 0.495 e. The molecule has 2 N–H and O–H groups in total. The number of benzene rings is 2. The SMILES string of the molecule is COc1ccc(C(F)(F)F)cc1NC(=O)Nc1ccc(Oc2ccnc(N(C)C=O)c2)cc1C. The second kappa shape index (κ2) is 10.1. The predicted octanol–water partition coefficient (Wildman–Crippen LogP) is 5.45. The van der Waals surface area contributed by atoms with E-state index < -0.39 is 17.8 Å². The summed E-state index contributed by atoms with van der Waals surface area (Å²) in [5, 5.41) is 4.97. The van der Waals surface area contributed by atoms with E-state index in [-0.39, 0.29) is 11.4 Å². The van der Waals surface area contributed by atoms with Crippen molar-refractivity contribution in [2.45, 2.75) is 13.1 Å². The number of hydrogen-bond donors (Lipinski definition) is 2. The lowest BCUT2D eigenvalue weighted by Crippen LogP contribution is -2.21. The lowest BCUT2D eigenvalue weighted by Gasteiger charge is -2.15. The van der Waals surface area contributed by atoms with Gasteiger partial charge in [0.05, 0.1) is 18.4 Å². The number of carbonyl (C=O) groups is 2. The number of amides is 3. The van der Waals surface area contributed by atoms with Gasteiger partial charge in [-0.25, -0.2) is 9.78 Å². The molecule has 178 valence electrons. The van der Waals surface area contributed by atoms with Crippen molar-refractivity contribution in [3.8, 4) is 17.2 Å². The number of urea groups is 1. The van der Waals surface area contributed by atoms with E-state index in [0.717, 1.165) is 18.2 Å². The molecule has 8 nitrogen and oxygen atoms in total. The summed E-state index contributed by atoms with van der Waals surface area (Å²) in [6.45, 7) is 1.73. The zero-order valence-corrected chi connectivity index (χ0v) is 18.4. The third-order valence-electron chi connectivity index (χ3n) is 4.69. The first-order chi connectivity index (χ1) is 16.1. The number of pyridine rings is 1. The van der Waals surface area contributed by atoms with Crippen LogP contribution in [0.1, 0.15) is 11.1 Å². The number of rotatable bonds is 7. The Labute approximate surface area is 193 Å². The molecule has 11 heteroatoms. The average Bonchev–Trinajstić information content (AvgIpc) is 2.80. The summed E-state index contributed by atoms with van der Waals surface area (Å²) in [6.07, 6.45) is -2.44. The predicted molar refractivity (Wildman–Crippen MR) is 121 cm³/mol. The van der Waals surface area contributed by atoms with Gasteiger partial charge in [-0.05, 0) is 55.0 Å². The van der Waals surface area contributed by atoms with Crippen molar-refractivity contribution in [2.24, 2.45) is 0 Å². The Morgan fingerprint density at radius 2 is 1.74 bits per heavy atom. The van der Waals surface area contributed by atoms with E-state index in [1.165, 1.54) is 18.2 Å². The van der Waals surface area contributed by atoms with Gasteiger partial charge in [0.2, 0.25) is 6.41 Å². The first-order valence-electron chi connectivity index (χ1n) is 9.86. The van der Waals surface area contributed by atoms with Crippen molar-refractivity contribution in [1.29, 1.82) is 0 Å². The van der Waals surface area contributed by atoms with E-state index in [9.17, 15) is 22.8 Å². The van der Waals surface area contributed by atoms with E-state index in [1.54, 1.807) is 44.3 Å². The molecule has 3 aromatic rings. The summed E-state index contributed by atoms with van der Waals surface area (Å²) in [6, 6.07) is 10.1. The number of carbonyl (C=O) groups excluding carboxylic acids is 2. The molecule has 0 unspecified atom stereocenters. The van der Waals surface area contributed by atoms with Gasteiger partial charge in [0.1, 0.15) is 23.1 Å². The van der Waals surface area contributed by atoms with Crippen molar-refractivity contribution < 1.29 is 32.2 Å². The number of nitrogens with zero attached hydrogens (tertiary/aromatic N) is 2. The first-order valence-corrected chi connectivity index (χ1v) is 9.86. The summed E-state index contributed by atoms with van der Waals surface area (Å²) < 4.78 is 49.9. The number of aromatic nitrogens is 1. The third kappa shape index (κ3) is 5.94. The standard InChI is InChI=1S/C23H21F3N4O4/c1-14-10-16(34-17-8-9-27-21(12-17)30(2)13-31)5-6-18(14)28-22(32)29-19-11-15(23(24,25)26)4-7-20(19)33-3/h4-13H,1-3H3,(H2,28,29,32). The van der Waals surface area contributed by atoms with Crippen LogP contribution in [-0.4, -0.2) is 31.6 Å². The van der Waals surface area contributed by atoms with Crippen LogP contribution in [0.25, 0.3) is 0 Å². The van der Waals surface area contributed by atoms with Crippen LogP contribution in [0, 0.1) is 6.92 Å². The van der Waals surface area contributed by atoms with Crippen LogP contribution < -0.4 is 25.0 Å². The van der Waals surface area contributed by atoms with E-state index in [4.69, 9.17) is 9.47 Å². The van der Waals surface area contributed by atoms with E-state index in [1.807, 2.05) is 0 Å². The zero-order valence-electron chi connectivity index (χ0n) is 18.4. The Morgan fingerprint density at radius 3 is 2.38 bits per heavy atom. The Kier molecular flexibility index (Phi) is 7.24. The van der Waals surface area contributed by atoms with E-state index in [0.29, 0.717) is 35.0 Å². The molecule has 34 heavy (non-hydrogen) atoms. The molecule has 0 aliphatic heterocycles. The van der Waals surface area contributed by atoms with Gasteiger partial charge < -0.3 is 25.0 Å². The number of anilines is 3. The highest BCUT2D eigenvalue weighted by atomic mass is 19.4. The maximum atomic E-state index is 13.0. The van der Waals surface area contributed by atoms with Crippen molar-refractivity contribution in [3.05, 3.63) is 65.9 Å². The summed E-state index contributed by atoms with van der Waals surface area (Å²) in [7, 11) is 2.85. The molecule has 3 amide bonds. The Balaban J connectivity index is 1.72. The molecule has 0 aliphatic rings. The van der Waals surface area contributed by atoms with Gasteiger partial charge in [-0.15, -0.1) is 0 Å². The normalized spacial score (nSPS) is 10.9. The van der Waals surface area contributed by atoms with Crippen LogP contribution in [0.3, 0.4) is 0 Å². The quantitative estimate of drug-likeness (QED) is 0.445. The molecule has 0 spiro atoms. The van der Waals surface area contributed by atoms with Gasteiger partial charge in [-0.1, -0.05) is 0 Å². The number of hydrogen-bond acceptors (Lipinski definition) is 5. The number of alkyl halides is 3. The minimum atomic E-state index is -4.57. The molecule has 0 fully saturated rings. The molecule has 2 aromatic carbocycles. The number of methoxy groups -OCH3 is 1. The van der Waals surface area contributed by atoms with E-state index >= 15 is 0 Å². The fourth-order valence-corrected chi connectivity index (χ4v) is 2.94. The molecule has 0 saturated carbocycles. The van der Waals surface area contributed by atoms with Crippen molar-refractivity contribution in [1.82, 2.24) is 4.98 Å². The van der Waals surface area contributed by atoms with Crippen LogP contribution in [0.2, 0.25) is 0 Å². The Hall–Kier alpha value is -4.28. The molecule has 0 bridgehead atoms. The summed E-state index contributed by atoms with van der Waals surface area (Å²) >= 11 is 0. The second-order valence-electron chi connectivity index (χ2n) is 7.14. The maximum Gasteiger partial charge on any atom is 0.416 e. The van der Waals surface area contributed by atoms with Crippen molar-refractivity contribution in [3.63, 3.8) is 0 Å². The van der Waals surface area contributed by atoms with Crippen molar-refractivity contribution >= 4 is 29.6 Å². The monoisotopic (exact) mass is 474 g/mol. The van der Waals surface area contributed by atoms with Gasteiger partial charge >= 0.3 is 12.2 Å². The molecular weight excluding hydrogens is 453 g/mol. The van der Waals surface area contributed by atoms with Crippen LogP contribution in [0.15, 0.2) is 54.7 Å². The lowest BCUT2D eigenvalue weighted by atomic mass is 10.1. The molecule has 0 aliphatic carbocycles. The molecule has 0 radical (unpaired) electrons. The fourth-order valence-electron chi connectivity index (χ4n) is 2.94. The van der Waals surface area contributed by atoms with Crippen LogP contribution in [-0.2, 0) is 11.0 Å². The lowest BCUT2D eigenvalue weighted by molar-refractivity contribution is -0.137. The van der Waals surface area contributed by atoms with E-state index in [2.05, 4.69) is 15.6 Å². The minimum Gasteiger partial charge on any atom is -0.495 e.